The van der Waals surface area contributed by atoms with E-state index in [1.165, 1.54) is 5.71 Å². The Bertz CT molecular complexity index is 141. The standard InChI is InChI=1S/C10H21NO/c1-6-9(11-5)10(7-2)12-8(3)4/h8,10H,6-7H2,1-5H3. The highest BCUT2D eigenvalue weighted by atomic mass is 16.5. The molecule has 0 aliphatic carbocycles. The Morgan fingerprint density at radius 2 is 1.92 bits per heavy atom. The van der Waals surface area contributed by atoms with E-state index in [0.717, 1.165) is 12.8 Å². The average molecular weight is 171 g/mol. The molecule has 0 N–H and O–H groups in total. The first-order chi connectivity index (χ1) is 5.65. The first kappa shape index (κ1) is 11.6. The third-order valence-electron chi connectivity index (χ3n) is 1.83. The van der Waals surface area contributed by atoms with Crippen molar-refractivity contribution in [2.45, 2.75) is 52.7 Å². The van der Waals surface area contributed by atoms with Crippen molar-refractivity contribution in [3.05, 3.63) is 0 Å². The minimum absolute atomic E-state index is 0.222. The lowest BCUT2D eigenvalue weighted by Crippen LogP contribution is -2.26. The second kappa shape index (κ2) is 6.18. The van der Waals surface area contributed by atoms with E-state index in [2.05, 4.69) is 32.7 Å². The number of nitrogens with zero attached hydrogens (tertiary/aromatic N) is 1. The van der Waals surface area contributed by atoms with Crippen LogP contribution in [0.25, 0.3) is 0 Å². The molecule has 0 aliphatic rings. The van der Waals surface area contributed by atoms with Crippen molar-refractivity contribution >= 4 is 5.71 Å². The molecule has 0 aliphatic heterocycles. The van der Waals surface area contributed by atoms with Crippen molar-refractivity contribution < 1.29 is 4.74 Å². The van der Waals surface area contributed by atoms with Gasteiger partial charge in [0.05, 0.1) is 12.2 Å². The first-order valence-electron chi connectivity index (χ1n) is 4.76. The van der Waals surface area contributed by atoms with E-state index in [4.69, 9.17) is 4.74 Å². The van der Waals surface area contributed by atoms with Crippen LogP contribution >= 0.6 is 0 Å². The molecule has 0 spiro atoms. The molecule has 0 aromatic rings. The molecule has 0 rings (SSSR count). The van der Waals surface area contributed by atoms with Crippen LogP contribution in [0, 0.1) is 0 Å². The molecule has 0 bridgehead atoms. The average Bonchev–Trinajstić information content (AvgIpc) is 2.04. The highest BCUT2D eigenvalue weighted by Crippen LogP contribution is 2.07. The summed E-state index contributed by atoms with van der Waals surface area (Å²) in [5.74, 6) is 0. The molecule has 1 atom stereocenters. The maximum Gasteiger partial charge on any atom is 0.0951 e. The summed E-state index contributed by atoms with van der Waals surface area (Å²) in [5.41, 5.74) is 1.17. The van der Waals surface area contributed by atoms with E-state index in [0.29, 0.717) is 6.10 Å². The smallest absolute Gasteiger partial charge is 0.0951 e. The van der Waals surface area contributed by atoms with Crippen LogP contribution in [0.15, 0.2) is 4.99 Å². The van der Waals surface area contributed by atoms with Crippen LogP contribution in [-0.2, 0) is 4.74 Å². The second-order valence-electron chi connectivity index (χ2n) is 3.15. The van der Waals surface area contributed by atoms with Crippen molar-refractivity contribution in [3.63, 3.8) is 0 Å². The van der Waals surface area contributed by atoms with E-state index in [-0.39, 0.29) is 6.10 Å². The second-order valence-corrected chi connectivity index (χ2v) is 3.15. The summed E-state index contributed by atoms with van der Waals surface area (Å²) in [6.45, 7) is 8.37. The summed E-state index contributed by atoms with van der Waals surface area (Å²) < 4.78 is 5.71. The van der Waals surface area contributed by atoms with Crippen molar-refractivity contribution in [1.29, 1.82) is 0 Å². The molecule has 2 heteroatoms. The minimum Gasteiger partial charge on any atom is -0.370 e. The van der Waals surface area contributed by atoms with Gasteiger partial charge in [0.2, 0.25) is 0 Å². The lowest BCUT2D eigenvalue weighted by Gasteiger charge is -2.19. The molecule has 0 amide bonds. The Morgan fingerprint density at radius 3 is 2.17 bits per heavy atom. The monoisotopic (exact) mass is 171 g/mol. The third-order valence-corrected chi connectivity index (χ3v) is 1.83. The number of aliphatic imine (C=N–C) groups is 1. The van der Waals surface area contributed by atoms with E-state index < -0.39 is 0 Å². The fourth-order valence-corrected chi connectivity index (χ4v) is 1.27. The summed E-state index contributed by atoms with van der Waals surface area (Å²) in [6.07, 6.45) is 2.51. The van der Waals surface area contributed by atoms with Crippen LogP contribution in [0.3, 0.4) is 0 Å². The van der Waals surface area contributed by atoms with Crippen LogP contribution < -0.4 is 0 Å². The maximum absolute atomic E-state index is 5.71. The van der Waals surface area contributed by atoms with Crippen LogP contribution in [0.5, 0.6) is 0 Å². The van der Waals surface area contributed by atoms with Gasteiger partial charge < -0.3 is 4.74 Å². The van der Waals surface area contributed by atoms with Crippen LogP contribution in [0.1, 0.15) is 40.5 Å². The van der Waals surface area contributed by atoms with E-state index >= 15 is 0 Å². The molecule has 0 heterocycles. The van der Waals surface area contributed by atoms with E-state index in [1.807, 2.05) is 7.05 Å². The van der Waals surface area contributed by atoms with Gasteiger partial charge >= 0.3 is 0 Å². The molecule has 0 saturated heterocycles. The number of rotatable bonds is 5. The zero-order chi connectivity index (χ0) is 9.56. The SMILES string of the molecule is CCC(=NC)C(CC)OC(C)C. The molecule has 2 nitrogen and oxygen atoms in total. The Hall–Kier alpha value is -0.370. The molecule has 72 valence electrons. The van der Waals surface area contributed by atoms with Gasteiger partial charge in [-0.15, -0.1) is 0 Å². The molecule has 12 heavy (non-hydrogen) atoms. The molecule has 0 saturated carbocycles. The first-order valence-corrected chi connectivity index (χ1v) is 4.76. The van der Waals surface area contributed by atoms with E-state index in [1.54, 1.807) is 0 Å². The van der Waals surface area contributed by atoms with Crippen LogP contribution in [0.2, 0.25) is 0 Å². The number of hydrogen-bond donors (Lipinski definition) is 0. The summed E-state index contributed by atoms with van der Waals surface area (Å²) in [6, 6.07) is 0. The van der Waals surface area contributed by atoms with Gasteiger partial charge in [-0.2, -0.15) is 0 Å². The van der Waals surface area contributed by atoms with Crippen molar-refractivity contribution in [2.24, 2.45) is 4.99 Å². The molecule has 0 fully saturated rings. The van der Waals surface area contributed by atoms with Crippen molar-refractivity contribution in [3.8, 4) is 0 Å². The zero-order valence-electron chi connectivity index (χ0n) is 8.92. The highest BCUT2D eigenvalue weighted by molar-refractivity contribution is 5.88. The zero-order valence-corrected chi connectivity index (χ0v) is 8.92. The topological polar surface area (TPSA) is 21.6 Å². The lowest BCUT2D eigenvalue weighted by molar-refractivity contribution is 0.0437. The Kier molecular flexibility index (Phi) is 5.99. The maximum atomic E-state index is 5.71. The predicted octanol–water partition coefficient (Wildman–Crippen LogP) is 2.67. The van der Waals surface area contributed by atoms with Gasteiger partial charge in [0, 0.05) is 12.8 Å². The van der Waals surface area contributed by atoms with Crippen LogP contribution in [-0.4, -0.2) is 25.0 Å². The van der Waals surface area contributed by atoms with Gasteiger partial charge in [-0.3, -0.25) is 4.99 Å². The molecule has 0 aromatic heterocycles. The molecule has 0 radical (unpaired) electrons. The Balaban J connectivity index is 4.12. The largest absolute Gasteiger partial charge is 0.370 e. The van der Waals surface area contributed by atoms with Gasteiger partial charge in [-0.1, -0.05) is 13.8 Å². The van der Waals surface area contributed by atoms with Gasteiger partial charge in [0.15, 0.2) is 0 Å². The summed E-state index contributed by atoms with van der Waals surface area (Å²) >= 11 is 0. The van der Waals surface area contributed by atoms with Gasteiger partial charge in [-0.05, 0) is 26.7 Å². The quantitative estimate of drug-likeness (QED) is 0.583. The fraction of sp³-hybridized carbons (Fsp3) is 0.900. The summed E-state index contributed by atoms with van der Waals surface area (Å²) in [5, 5.41) is 0. The number of ether oxygens (including phenoxy) is 1. The fourth-order valence-electron chi connectivity index (χ4n) is 1.27. The highest BCUT2D eigenvalue weighted by Gasteiger charge is 2.13. The third kappa shape index (κ3) is 3.86. The van der Waals surface area contributed by atoms with Gasteiger partial charge in [0.1, 0.15) is 0 Å². The molecular weight excluding hydrogens is 150 g/mol. The normalized spacial score (nSPS) is 15.3. The van der Waals surface area contributed by atoms with Crippen molar-refractivity contribution in [2.75, 3.05) is 7.05 Å². The van der Waals surface area contributed by atoms with Gasteiger partial charge in [0.25, 0.3) is 0 Å². The summed E-state index contributed by atoms with van der Waals surface area (Å²) in [4.78, 5) is 4.22. The molecule has 0 aromatic carbocycles. The Labute approximate surface area is 76.0 Å². The lowest BCUT2D eigenvalue weighted by atomic mass is 10.1. The molecule has 1 unspecified atom stereocenters. The van der Waals surface area contributed by atoms with Gasteiger partial charge in [-0.25, -0.2) is 0 Å². The van der Waals surface area contributed by atoms with Crippen LogP contribution in [0.4, 0.5) is 0 Å². The van der Waals surface area contributed by atoms with Crippen molar-refractivity contribution in [1.82, 2.24) is 0 Å². The predicted molar refractivity (Wildman–Crippen MR) is 54.0 cm³/mol. The minimum atomic E-state index is 0.222. The Morgan fingerprint density at radius 1 is 1.33 bits per heavy atom. The number of hydrogen-bond acceptors (Lipinski definition) is 2. The summed E-state index contributed by atoms with van der Waals surface area (Å²) in [7, 11) is 1.84. The molecular formula is C10H21NO. The van der Waals surface area contributed by atoms with E-state index in [9.17, 15) is 0 Å².